The van der Waals surface area contributed by atoms with E-state index < -0.39 is 24.5 Å². The number of nitrogens with zero attached hydrogens (tertiary/aromatic N) is 4. The topological polar surface area (TPSA) is 131 Å². The Morgan fingerprint density at radius 3 is 2.77 bits per heavy atom. The molecule has 1 aromatic carbocycles. The molecule has 0 radical (unpaired) electrons. The van der Waals surface area contributed by atoms with E-state index in [0.29, 0.717) is 17.7 Å². The molecule has 136 valence electrons. The van der Waals surface area contributed by atoms with Crippen molar-refractivity contribution < 1.29 is 14.9 Å². The molecule has 0 spiro atoms. The van der Waals surface area contributed by atoms with Crippen molar-refractivity contribution in [2.24, 2.45) is 0 Å². The van der Waals surface area contributed by atoms with Crippen LogP contribution in [0.3, 0.4) is 0 Å². The average Bonchev–Trinajstić information content (AvgIpc) is 3.23. The van der Waals surface area contributed by atoms with Crippen molar-refractivity contribution in [1.82, 2.24) is 24.8 Å². The van der Waals surface area contributed by atoms with Crippen LogP contribution in [0, 0.1) is 0 Å². The number of fused-ring (bicyclic) bond motifs is 1. The zero-order valence-electron chi connectivity index (χ0n) is 13.9. The molecule has 1 aliphatic rings. The molecule has 1 aliphatic heterocycles. The van der Waals surface area contributed by atoms with E-state index in [-0.39, 0.29) is 12.4 Å². The number of nitrogens with two attached hydrogens (primary N) is 1. The van der Waals surface area contributed by atoms with Crippen molar-refractivity contribution in [3.05, 3.63) is 48.5 Å². The molecule has 9 heteroatoms. The van der Waals surface area contributed by atoms with E-state index in [1.807, 2.05) is 30.3 Å². The van der Waals surface area contributed by atoms with Crippen molar-refractivity contribution in [1.29, 1.82) is 0 Å². The number of hydrogen-bond donors (Lipinski definition) is 4. The molecular formula is C17H20N6O3. The number of aliphatic hydroxyl groups is 2. The third kappa shape index (κ3) is 2.90. The molecule has 1 saturated heterocycles. The zero-order chi connectivity index (χ0) is 18.1. The minimum atomic E-state index is -0.884. The van der Waals surface area contributed by atoms with Gasteiger partial charge in [-0.1, -0.05) is 30.3 Å². The van der Waals surface area contributed by atoms with Crippen LogP contribution in [-0.2, 0) is 11.3 Å². The highest BCUT2D eigenvalue weighted by Gasteiger charge is 2.44. The maximum atomic E-state index is 10.6. The number of anilines is 1. The third-order valence-electron chi connectivity index (χ3n) is 4.60. The van der Waals surface area contributed by atoms with Crippen LogP contribution >= 0.6 is 0 Å². The number of imidazole rings is 1. The van der Waals surface area contributed by atoms with Gasteiger partial charge >= 0.3 is 0 Å². The molecule has 0 saturated carbocycles. The molecule has 1 fully saturated rings. The van der Waals surface area contributed by atoms with Gasteiger partial charge in [0.1, 0.15) is 24.1 Å². The fraction of sp³-hybridized carbons (Fsp3) is 0.353. The SMILES string of the molecule is Nc1ncnc2c1ncn2[C@@H]1O[C@H](CO)[C@H](O)[C@H]1NCc1ccccc1. The second-order valence-corrected chi connectivity index (χ2v) is 6.21. The molecule has 3 heterocycles. The highest BCUT2D eigenvalue weighted by Crippen LogP contribution is 2.32. The first-order valence-corrected chi connectivity index (χ1v) is 8.33. The van der Waals surface area contributed by atoms with Crippen molar-refractivity contribution in [2.75, 3.05) is 12.3 Å². The Morgan fingerprint density at radius 1 is 1.19 bits per heavy atom. The Morgan fingerprint density at radius 2 is 2.00 bits per heavy atom. The first kappa shape index (κ1) is 16.9. The number of nitrogen functional groups attached to an aromatic ring is 1. The minimum Gasteiger partial charge on any atom is -0.394 e. The summed E-state index contributed by atoms with van der Waals surface area (Å²) in [5.41, 5.74) is 7.91. The highest BCUT2D eigenvalue weighted by atomic mass is 16.5. The lowest BCUT2D eigenvalue weighted by Gasteiger charge is -2.23. The van der Waals surface area contributed by atoms with E-state index >= 15 is 0 Å². The molecule has 9 nitrogen and oxygen atoms in total. The Hall–Kier alpha value is -2.59. The largest absolute Gasteiger partial charge is 0.394 e. The lowest BCUT2D eigenvalue weighted by Crippen LogP contribution is -2.43. The summed E-state index contributed by atoms with van der Waals surface area (Å²) >= 11 is 0. The maximum Gasteiger partial charge on any atom is 0.167 e. The van der Waals surface area contributed by atoms with Gasteiger partial charge in [0.15, 0.2) is 17.7 Å². The second kappa shape index (κ2) is 6.96. The average molecular weight is 356 g/mol. The number of rotatable bonds is 5. The molecular weight excluding hydrogens is 336 g/mol. The number of aliphatic hydroxyl groups excluding tert-OH is 2. The van der Waals surface area contributed by atoms with E-state index in [1.165, 1.54) is 6.33 Å². The molecule has 26 heavy (non-hydrogen) atoms. The smallest absolute Gasteiger partial charge is 0.167 e. The summed E-state index contributed by atoms with van der Waals surface area (Å²) in [5.74, 6) is 0.278. The molecule has 0 bridgehead atoms. The predicted molar refractivity (Wildman–Crippen MR) is 93.8 cm³/mol. The van der Waals surface area contributed by atoms with Gasteiger partial charge in [0.25, 0.3) is 0 Å². The number of benzene rings is 1. The van der Waals surface area contributed by atoms with Crippen LogP contribution < -0.4 is 11.1 Å². The number of hydrogen-bond acceptors (Lipinski definition) is 8. The molecule has 3 aromatic rings. The summed E-state index contributed by atoms with van der Waals surface area (Å²) < 4.78 is 7.58. The third-order valence-corrected chi connectivity index (χ3v) is 4.60. The van der Waals surface area contributed by atoms with Crippen LogP contribution in [0.25, 0.3) is 11.2 Å². The van der Waals surface area contributed by atoms with Gasteiger partial charge in [-0.15, -0.1) is 0 Å². The summed E-state index contributed by atoms with van der Waals surface area (Å²) in [4.78, 5) is 12.4. The first-order valence-electron chi connectivity index (χ1n) is 8.33. The standard InChI is InChI=1S/C17H20N6O3/c18-15-13-16(21-8-20-15)23(9-22-13)17-12(14(25)11(7-24)26-17)19-6-10-4-2-1-3-5-10/h1-5,8-9,11-12,14,17,19,24-25H,6-7H2,(H2,18,20,21)/t11-,12-,14+,17-/m1/s1. The van der Waals surface area contributed by atoms with Gasteiger partial charge in [-0.2, -0.15) is 0 Å². The zero-order valence-corrected chi connectivity index (χ0v) is 13.9. The van der Waals surface area contributed by atoms with Crippen molar-refractivity contribution >= 4 is 17.0 Å². The molecule has 0 unspecified atom stereocenters. The van der Waals surface area contributed by atoms with E-state index in [0.717, 1.165) is 5.56 Å². The van der Waals surface area contributed by atoms with Gasteiger partial charge in [0, 0.05) is 6.54 Å². The summed E-state index contributed by atoms with van der Waals surface area (Å²) in [6.07, 6.45) is 0.738. The highest BCUT2D eigenvalue weighted by molar-refractivity contribution is 5.81. The Kier molecular flexibility index (Phi) is 4.51. The molecule has 5 N–H and O–H groups in total. The number of aromatic nitrogens is 4. The lowest BCUT2D eigenvalue weighted by molar-refractivity contribution is -0.0441. The van der Waals surface area contributed by atoms with E-state index in [1.54, 1.807) is 10.9 Å². The van der Waals surface area contributed by atoms with Crippen molar-refractivity contribution in [3.8, 4) is 0 Å². The Bertz CT molecular complexity index is 887. The molecule has 4 rings (SSSR count). The van der Waals surface area contributed by atoms with Gasteiger partial charge in [-0.3, -0.25) is 4.57 Å². The maximum absolute atomic E-state index is 10.6. The van der Waals surface area contributed by atoms with Crippen LogP contribution in [0.1, 0.15) is 11.8 Å². The summed E-state index contributed by atoms with van der Waals surface area (Å²) in [6, 6.07) is 9.39. The van der Waals surface area contributed by atoms with Crippen LogP contribution in [0.2, 0.25) is 0 Å². The quantitative estimate of drug-likeness (QED) is 0.495. The summed E-state index contributed by atoms with van der Waals surface area (Å²) in [6.45, 7) is 0.259. The van der Waals surface area contributed by atoms with E-state index in [2.05, 4.69) is 20.3 Å². The molecule has 0 amide bonds. The van der Waals surface area contributed by atoms with E-state index in [4.69, 9.17) is 10.5 Å². The predicted octanol–water partition coefficient (Wildman–Crippen LogP) is -0.182. The van der Waals surface area contributed by atoms with Crippen molar-refractivity contribution in [2.45, 2.75) is 31.0 Å². The number of ether oxygens (including phenoxy) is 1. The fourth-order valence-electron chi connectivity index (χ4n) is 3.24. The lowest BCUT2D eigenvalue weighted by atomic mass is 10.1. The minimum absolute atomic E-state index is 0.278. The van der Waals surface area contributed by atoms with Gasteiger partial charge in [0.2, 0.25) is 0 Å². The van der Waals surface area contributed by atoms with Gasteiger partial charge < -0.3 is 26.0 Å². The summed E-state index contributed by atoms with van der Waals surface area (Å²) in [7, 11) is 0. The molecule has 4 atom stereocenters. The second-order valence-electron chi connectivity index (χ2n) is 6.21. The van der Waals surface area contributed by atoms with Crippen molar-refractivity contribution in [3.63, 3.8) is 0 Å². The van der Waals surface area contributed by atoms with Crippen LogP contribution in [0.4, 0.5) is 5.82 Å². The molecule has 0 aliphatic carbocycles. The van der Waals surface area contributed by atoms with Crippen LogP contribution in [-0.4, -0.2) is 54.6 Å². The monoisotopic (exact) mass is 356 g/mol. The van der Waals surface area contributed by atoms with E-state index in [9.17, 15) is 10.2 Å². The Labute approximate surface area is 149 Å². The number of nitrogens with one attached hydrogen (secondary N) is 1. The normalized spacial score (nSPS) is 25.8. The summed E-state index contributed by atoms with van der Waals surface area (Å²) in [5, 5.41) is 23.4. The fourth-order valence-corrected chi connectivity index (χ4v) is 3.24. The first-order chi connectivity index (χ1) is 12.7. The molecule has 2 aromatic heterocycles. The Balaban J connectivity index is 1.64. The van der Waals surface area contributed by atoms with Gasteiger partial charge in [-0.05, 0) is 5.56 Å². The van der Waals surface area contributed by atoms with Crippen LogP contribution in [0.5, 0.6) is 0 Å². The van der Waals surface area contributed by atoms with Crippen LogP contribution in [0.15, 0.2) is 43.0 Å². The van der Waals surface area contributed by atoms with Gasteiger partial charge in [0.05, 0.1) is 19.0 Å². The van der Waals surface area contributed by atoms with Gasteiger partial charge in [-0.25, -0.2) is 15.0 Å².